The Bertz CT molecular complexity index is 908. The monoisotopic (exact) mass is 505 g/mol. The van der Waals surface area contributed by atoms with Gasteiger partial charge in [0, 0.05) is 6.42 Å². The number of hydrogen-bond acceptors (Lipinski definition) is 7. The Morgan fingerprint density at radius 3 is 2.53 bits per heavy atom. The van der Waals surface area contributed by atoms with E-state index in [1.807, 2.05) is 0 Å². The molecular formula is C28H43NO7. The van der Waals surface area contributed by atoms with Crippen LogP contribution >= 0.6 is 0 Å². The van der Waals surface area contributed by atoms with Crippen molar-refractivity contribution in [1.29, 1.82) is 0 Å². The van der Waals surface area contributed by atoms with Crippen molar-refractivity contribution in [3.63, 3.8) is 0 Å². The third kappa shape index (κ3) is 4.11. The molecule has 4 N–H and O–H groups in total. The number of rotatable bonds is 5. The van der Waals surface area contributed by atoms with Crippen molar-refractivity contribution in [3.8, 4) is 0 Å². The molecule has 0 radical (unpaired) electrons. The van der Waals surface area contributed by atoms with Crippen LogP contribution in [0.5, 0.6) is 0 Å². The van der Waals surface area contributed by atoms with Crippen LogP contribution in [0, 0.1) is 46.3 Å². The molecule has 8 nitrogen and oxygen atoms in total. The van der Waals surface area contributed by atoms with Crippen LogP contribution in [-0.2, 0) is 19.1 Å². The first-order valence-corrected chi connectivity index (χ1v) is 14.0. The highest BCUT2D eigenvalue weighted by Crippen LogP contribution is 2.68. The van der Waals surface area contributed by atoms with E-state index in [0.717, 1.165) is 38.5 Å². The number of hydrogen-bond donors (Lipinski definition) is 4. The van der Waals surface area contributed by atoms with Crippen molar-refractivity contribution in [2.45, 2.75) is 109 Å². The van der Waals surface area contributed by atoms with Gasteiger partial charge in [-0.2, -0.15) is 0 Å². The van der Waals surface area contributed by atoms with Crippen LogP contribution in [0.2, 0.25) is 0 Å². The van der Waals surface area contributed by atoms with Gasteiger partial charge in [0.25, 0.3) is 5.91 Å². The molecule has 8 heteroatoms. The Labute approximate surface area is 213 Å². The minimum absolute atomic E-state index is 0.0484. The number of aliphatic hydroxyl groups is 3. The molecule has 1 aliphatic heterocycles. The second kappa shape index (κ2) is 9.35. The Morgan fingerprint density at radius 1 is 1.08 bits per heavy atom. The van der Waals surface area contributed by atoms with E-state index in [1.165, 1.54) is 0 Å². The lowest BCUT2D eigenvalue weighted by molar-refractivity contribution is -0.207. The van der Waals surface area contributed by atoms with Gasteiger partial charge in [0.15, 0.2) is 6.10 Å². The largest absolute Gasteiger partial charge is 0.452 e. The van der Waals surface area contributed by atoms with Crippen LogP contribution in [0.15, 0.2) is 0 Å². The molecule has 4 saturated carbocycles. The Balaban J connectivity index is 1.26. The van der Waals surface area contributed by atoms with Gasteiger partial charge in [-0.15, -0.1) is 0 Å². The lowest BCUT2D eigenvalue weighted by atomic mass is 9.43. The molecule has 0 aromatic heterocycles. The molecule has 1 saturated heterocycles. The zero-order chi connectivity index (χ0) is 26.0. The smallest absolute Gasteiger partial charge is 0.306 e. The molecule has 5 aliphatic rings. The zero-order valence-corrected chi connectivity index (χ0v) is 21.8. The Morgan fingerprint density at radius 2 is 1.83 bits per heavy atom. The topological polar surface area (TPSA) is 133 Å². The maximum absolute atomic E-state index is 12.4. The normalized spacial score (nSPS) is 49.0. The van der Waals surface area contributed by atoms with Gasteiger partial charge < -0.3 is 20.1 Å². The van der Waals surface area contributed by atoms with E-state index >= 15 is 0 Å². The number of carbonyl (C=O) groups excluding carboxylic acids is 3. The molecule has 1 heterocycles. The van der Waals surface area contributed by atoms with Gasteiger partial charge >= 0.3 is 5.97 Å². The summed E-state index contributed by atoms with van der Waals surface area (Å²) in [5.74, 6) is -0.0856. The molecule has 2 amide bonds. The third-order valence-electron chi connectivity index (χ3n) is 11.5. The Hall–Kier alpha value is -1.51. The molecular weight excluding hydrogens is 462 g/mol. The van der Waals surface area contributed by atoms with Gasteiger partial charge in [-0.25, -0.2) is 0 Å². The van der Waals surface area contributed by atoms with Crippen molar-refractivity contribution in [1.82, 2.24) is 5.32 Å². The highest BCUT2D eigenvalue weighted by molar-refractivity contribution is 6.05. The van der Waals surface area contributed by atoms with E-state index in [-0.39, 0.29) is 59.4 Å². The molecule has 202 valence electrons. The first kappa shape index (κ1) is 26.1. The quantitative estimate of drug-likeness (QED) is 0.333. The van der Waals surface area contributed by atoms with E-state index in [4.69, 9.17) is 4.74 Å². The second-order valence-corrected chi connectivity index (χ2v) is 13.1. The van der Waals surface area contributed by atoms with Crippen LogP contribution < -0.4 is 5.32 Å². The van der Waals surface area contributed by atoms with Crippen molar-refractivity contribution >= 4 is 17.8 Å². The summed E-state index contributed by atoms with van der Waals surface area (Å²) in [7, 11) is 0. The second-order valence-electron chi connectivity index (χ2n) is 13.1. The fourth-order valence-corrected chi connectivity index (χ4v) is 9.52. The minimum Gasteiger partial charge on any atom is -0.452 e. The summed E-state index contributed by atoms with van der Waals surface area (Å²) in [6.07, 6.45) is 4.34. The highest BCUT2D eigenvalue weighted by Gasteiger charge is 2.65. The molecule has 1 unspecified atom stereocenters. The van der Waals surface area contributed by atoms with E-state index < -0.39 is 36.1 Å². The summed E-state index contributed by atoms with van der Waals surface area (Å²) in [5.41, 5.74) is -0.270. The number of imide groups is 1. The molecule has 0 aromatic carbocycles. The molecule has 36 heavy (non-hydrogen) atoms. The highest BCUT2D eigenvalue weighted by atomic mass is 16.5. The molecule has 0 spiro atoms. The SMILES string of the molecule is C[C@H](CCC(=O)OC1CC(=O)NC1=O)[C@H]1CC[C@H]2[C@@H]3[C@H](O)C[C@@H]4C[C@H](O)CC[C@]4(C)[C@H]3C[C@H](O)[C@]12C. The Kier molecular flexibility index (Phi) is 6.78. The van der Waals surface area contributed by atoms with Gasteiger partial charge in [0.1, 0.15) is 0 Å². The number of esters is 1. The van der Waals surface area contributed by atoms with Crippen LogP contribution in [0.25, 0.3) is 0 Å². The molecule has 0 bridgehead atoms. The van der Waals surface area contributed by atoms with Crippen molar-refractivity contribution in [3.05, 3.63) is 0 Å². The summed E-state index contributed by atoms with van der Waals surface area (Å²) in [6.45, 7) is 6.67. The van der Waals surface area contributed by atoms with Crippen LogP contribution in [0.4, 0.5) is 0 Å². The van der Waals surface area contributed by atoms with Crippen molar-refractivity contribution in [2.24, 2.45) is 46.3 Å². The van der Waals surface area contributed by atoms with E-state index in [9.17, 15) is 29.7 Å². The molecule has 4 aliphatic carbocycles. The number of fused-ring (bicyclic) bond motifs is 5. The number of aliphatic hydroxyl groups excluding tert-OH is 3. The first-order chi connectivity index (χ1) is 16.9. The first-order valence-electron chi connectivity index (χ1n) is 14.0. The van der Waals surface area contributed by atoms with Crippen molar-refractivity contribution in [2.75, 3.05) is 0 Å². The van der Waals surface area contributed by atoms with Crippen LogP contribution in [-0.4, -0.2) is 57.5 Å². The van der Waals surface area contributed by atoms with Gasteiger partial charge in [0.2, 0.25) is 5.91 Å². The molecule has 5 rings (SSSR count). The van der Waals surface area contributed by atoms with Gasteiger partial charge in [-0.3, -0.25) is 19.7 Å². The van der Waals surface area contributed by atoms with Crippen LogP contribution in [0.1, 0.15) is 85.0 Å². The predicted octanol–water partition coefficient (Wildman–Crippen LogP) is 2.32. The van der Waals surface area contributed by atoms with Crippen LogP contribution in [0.3, 0.4) is 0 Å². The third-order valence-corrected chi connectivity index (χ3v) is 11.5. The number of ether oxygens (including phenoxy) is 1. The summed E-state index contributed by atoms with van der Waals surface area (Å²) < 4.78 is 5.24. The summed E-state index contributed by atoms with van der Waals surface area (Å²) in [4.78, 5) is 35.5. The summed E-state index contributed by atoms with van der Waals surface area (Å²) >= 11 is 0. The summed E-state index contributed by atoms with van der Waals surface area (Å²) in [5, 5.41) is 35.5. The number of amides is 2. The van der Waals surface area contributed by atoms with E-state index in [1.54, 1.807) is 0 Å². The zero-order valence-electron chi connectivity index (χ0n) is 21.8. The average molecular weight is 506 g/mol. The standard InChI is InChI=1S/C28H43NO7/c1-14(4-7-24(34)36-21-13-23(33)29-26(21)35)17-5-6-18-25-19(12-22(32)28(17,18)3)27(2)9-8-16(30)10-15(27)11-20(25)31/h14-22,25,30-32H,4-13H2,1-3H3,(H,29,33,35)/t14-,15+,16-,17-,18+,19+,20-,21?,22+,25+,27+,28-/m1/s1. The van der Waals surface area contributed by atoms with Gasteiger partial charge in [-0.1, -0.05) is 20.8 Å². The maximum atomic E-state index is 12.4. The maximum Gasteiger partial charge on any atom is 0.306 e. The number of carbonyl (C=O) groups is 3. The number of nitrogens with one attached hydrogen (secondary N) is 1. The lowest BCUT2D eigenvalue weighted by Gasteiger charge is -2.63. The summed E-state index contributed by atoms with van der Waals surface area (Å²) in [6, 6.07) is 0. The van der Waals surface area contributed by atoms with Crippen molar-refractivity contribution < 1.29 is 34.4 Å². The molecule has 5 fully saturated rings. The molecule has 12 atom stereocenters. The van der Waals surface area contributed by atoms with Gasteiger partial charge in [-0.05, 0) is 97.7 Å². The molecule has 0 aromatic rings. The fraction of sp³-hybridized carbons (Fsp3) is 0.893. The fourth-order valence-electron chi connectivity index (χ4n) is 9.52. The van der Waals surface area contributed by atoms with E-state index in [0.29, 0.717) is 18.8 Å². The van der Waals surface area contributed by atoms with E-state index in [2.05, 4.69) is 26.1 Å². The minimum atomic E-state index is -1.02. The predicted molar refractivity (Wildman–Crippen MR) is 130 cm³/mol. The lowest BCUT2D eigenvalue weighted by Crippen LogP contribution is -2.62. The van der Waals surface area contributed by atoms with Gasteiger partial charge in [0.05, 0.1) is 24.7 Å². The average Bonchev–Trinajstić information content (AvgIpc) is 3.33.